The van der Waals surface area contributed by atoms with Gasteiger partial charge in [0.15, 0.2) is 0 Å². The SMILES string of the molecule is CC1CC(=O)NN=C1c1ccc(N/N=C/c2ccc([N+](=O)[O-])cc2[N+](=O)[O-])cc1. The second kappa shape index (κ2) is 8.25. The first-order valence-corrected chi connectivity index (χ1v) is 8.54. The number of hydrogen-bond donors (Lipinski definition) is 2. The average Bonchev–Trinajstić information content (AvgIpc) is 2.68. The normalized spacial score (nSPS) is 16.2. The first kappa shape index (κ1) is 19.6. The molecule has 1 aliphatic rings. The number of carbonyl (C=O) groups is 1. The van der Waals surface area contributed by atoms with Crippen molar-refractivity contribution >= 4 is 34.9 Å². The minimum Gasteiger partial charge on any atom is -0.279 e. The van der Waals surface area contributed by atoms with E-state index in [0.717, 1.165) is 17.3 Å². The molecule has 0 aliphatic carbocycles. The average molecular weight is 396 g/mol. The largest absolute Gasteiger partial charge is 0.285 e. The molecule has 0 spiro atoms. The number of anilines is 1. The summed E-state index contributed by atoms with van der Waals surface area (Å²) in [4.78, 5) is 31.8. The lowest BCUT2D eigenvalue weighted by Crippen LogP contribution is -2.31. The van der Waals surface area contributed by atoms with Crippen molar-refractivity contribution in [3.05, 3.63) is 73.8 Å². The van der Waals surface area contributed by atoms with Crippen molar-refractivity contribution in [1.82, 2.24) is 5.43 Å². The summed E-state index contributed by atoms with van der Waals surface area (Å²) >= 11 is 0. The number of nitrogens with zero attached hydrogens (tertiary/aromatic N) is 4. The van der Waals surface area contributed by atoms with E-state index in [0.29, 0.717) is 12.1 Å². The lowest BCUT2D eigenvalue weighted by Gasteiger charge is -2.19. The highest BCUT2D eigenvalue weighted by Gasteiger charge is 2.21. The summed E-state index contributed by atoms with van der Waals surface area (Å²) in [6.07, 6.45) is 1.59. The van der Waals surface area contributed by atoms with Crippen LogP contribution in [0.3, 0.4) is 0 Å². The summed E-state index contributed by atoms with van der Waals surface area (Å²) in [6, 6.07) is 10.5. The van der Waals surface area contributed by atoms with Crippen LogP contribution in [0.5, 0.6) is 0 Å². The van der Waals surface area contributed by atoms with Gasteiger partial charge in [0, 0.05) is 18.4 Å². The number of nitro benzene ring substituents is 2. The molecule has 1 unspecified atom stereocenters. The molecule has 2 N–H and O–H groups in total. The minimum absolute atomic E-state index is 0.00302. The molecule has 1 atom stereocenters. The van der Waals surface area contributed by atoms with E-state index >= 15 is 0 Å². The zero-order valence-electron chi connectivity index (χ0n) is 15.2. The van der Waals surface area contributed by atoms with Crippen LogP contribution in [0, 0.1) is 26.1 Å². The molecule has 1 heterocycles. The van der Waals surface area contributed by atoms with Crippen LogP contribution in [0.1, 0.15) is 24.5 Å². The zero-order valence-corrected chi connectivity index (χ0v) is 15.2. The predicted octanol–water partition coefficient (Wildman–Crippen LogP) is 2.81. The van der Waals surface area contributed by atoms with Gasteiger partial charge in [-0.1, -0.05) is 19.1 Å². The van der Waals surface area contributed by atoms with Gasteiger partial charge in [0.2, 0.25) is 5.91 Å². The third kappa shape index (κ3) is 4.58. The van der Waals surface area contributed by atoms with Gasteiger partial charge >= 0.3 is 0 Å². The van der Waals surface area contributed by atoms with Crippen LogP contribution in [-0.2, 0) is 4.79 Å². The van der Waals surface area contributed by atoms with E-state index in [4.69, 9.17) is 0 Å². The summed E-state index contributed by atoms with van der Waals surface area (Å²) in [6.45, 7) is 1.92. The third-order valence-corrected chi connectivity index (χ3v) is 4.26. The summed E-state index contributed by atoms with van der Waals surface area (Å²) in [7, 11) is 0. The first-order chi connectivity index (χ1) is 13.8. The van der Waals surface area contributed by atoms with Crippen LogP contribution in [0.4, 0.5) is 17.1 Å². The molecule has 1 aliphatic heterocycles. The first-order valence-electron chi connectivity index (χ1n) is 8.54. The Balaban J connectivity index is 1.72. The van der Waals surface area contributed by atoms with E-state index in [1.165, 1.54) is 18.3 Å². The van der Waals surface area contributed by atoms with Crippen LogP contribution >= 0.6 is 0 Å². The van der Waals surface area contributed by atoms with Crippen molar-refractivity contribution in [1.29, 1.82) is 0 Å². The quantitative estimate of drug-likeness (QED) is 0.435. The molecule has 1 amide bonds. The molecule has 0 radical (unpaired) electrons. The van der Waals surface area contributed by atoms with Gasteiger partial charge in [0.1, 0.15) is 0 Å². The lowest BCUT2D eigenvalue weighted by molar-refractivity contribution is -0.394. The number of hydrazone groups is 2. The highest BCUT2D eigenvalue weighted by molar-refractivity contribution is 6.05. The van der Waals surface area contributed by atoms with Crippen LogP contribution in [-0.4, -0.2) is 27.7 Å². The van der Waals surface area contributed by atoms with Crippen molar-refractivity contribution in [2.75, 3.05) is 5.43 Å². The van der Waals surface area contributed by atoms with Crippen molar-refractivity contribution < 1.29 is 14.6 Å². The Morgan fingerprint density at radius 2 is 1.90 bits per heavy atom. The van der Waals surface area contributed by atoms with Gasteiger partial charge in [-0.3, -0.25) is 30.4 Å². The molecule has 2 aromatic carbocycles. The molecule has 3 rings (SSSR count). The number of carbonyl (C=O) groups excluding carboxylic acids is 1. The summed E-state index contributed by atoms with van der Waals surface area (Å²) in [5.74, 6) is -0.113. The molecule has 29 heavy (non-hydrogen) atoms. The highest BCUT2D eigenvalue weighted by Crippen LogP contribution is 2.23. The van der Waals surface area contributed by atoms with E-state index < -0.39 is 15.5 Å². The van der Waals surface area contributed by atoms with Gasteiger partial charge < -0.3 is 0 Å². The van der Waals surface area contributed by atoms with Crippen LogP contribution in [0.15, 0.2) is 52.7 Å². The molecule has 11 nitrogen and oxygen atoms in total. The zero-order chi connectivity index (χ0) is 21.0. The molecule has 11 heteroatoms. The van der Waals surface area contributed by atoms with E-state index in [-0.39, 0.29) is 23.1 Å². The monoisotopic (exact) mass is 396 g/mol. The molecule has 0 aromatic heterocycles. The summed E-state index contributed by atoms with van der Waals surface area (Å²) < 4.78 is 0. The van der Waals surface area contributed by atoms with E-state index in [1.807, 2.05) is 19.1 Å². The van der Waals surface area contributed by atoms with Crippen LogP contribution < -0.4 is 10.9 Å². The van der Waals surface area contributed by atoms with Gasteiger partial charge in [-0.2, -0.15) is 10.2 Å². The van der Waals surface area contributed by atoms with Crippen LogP contribution in [0.2, 0.25) is 0 Å². The minimum atomic E-state index is -0.700. The molecule has 2 aromatic rings. The topological polar surface area (TPSA) is 152 Å². The maximum Gasteiger partial charge on any atom is 0.285 e. The Kier molecular flexibility index (Phi) is 5.58. The maximum absolute atomic E-state index is 11.3. The Labute approximate surface area is 164 Å². The molecule has 0 bridgehead atoms. The van der Waals surface area contributed by atoms with Crippen molar-refractivity contribution in [2.45, 2.75) is 13.3 Å². The molecular formula is C18H16N6O5. The molecule has 0 saturated heterocycles. The standard InChI is InChI=1S/C18H16N6O5/c1-11-8-17(25)21-22-18(11)12-2-5-14(6-3-12)20-19-10-13-4-7-15(23(26)27)9-16(13)24(28)29/h2-7,9-11,20H,8H2,1H3,(H,21,25)/b19-10+. The van der Waals surface area contributed by atoms with Gasteiger partial charge in [0.05, 0.1) is 39.1 Å². The number of benzene rings is 2. The Morgan fingerprint density at radius 3 is 2.52 bits per heavy atom. The number of nitrogens with one attached hydrogen (secondary N) is 2. The predicted molar refractivity (Wildman–Crippen MR) is 106 cm³/mol. The summed E-state index contributed by atoms with van der Waals surface area (Å²) in [5.41, 5.74) is 6.83. The van der Waals surface area contributed by atoms with E-state index in [1.54, 1.807) is 12.1 Å². The van der Waals surface area contributed by atoms with Gasteiger partial charge in [-0.05, 0) is 23.8 Å². The smallest absolute Gasteiger partial charge is 0.279 e. The second-order valence-corrected chi connectivity index (χ2v) is 6.34. The van der Waals surface area contributed by atoms with Gasteiger partial charge in [0.25, 0.3) is 11.4 Å². The number of amides is 1. The summed E-state index contributed by atoms with van der Waals surface area (Å²) in [5, 5.41) is 30.0. The number of nitro groups is 2. The second-order valence-electron chi connectivity index (χ2n) is 6.34. The van der Waals surface area contributed by atoms with Crippen molar-refractivity contribution in [3.8, 4) is 0 Å². The fraction of sp³-hybridized carbons (Fsp3) is 0.167. The molecule has 148 valence electrons. The number of rotatable bonds is 6. The highest BCUT2D eigenvalue weighted by atomic mass is 16.6. The molecule has 0 fully saturated rings. The van der Waals surface area contributed by atoms with Gasteiger partial charge in [-0.15, -0.1) is 0 Å². The molecular weight excluding hydrogens is 380 g/mol. The number of non-ortho nitro benzene ring substituents is 1. The van der Waals surface area contributed by atoms with E-state index in [9.17, 15) is 25.0 Å². The fourth-order valence-electron chi connectivity index (χ4n) is 2.81. The van der Waals surface area contributed by atoms with Crippen molar-refractivity contribution in [2.24, 2.45) is 16.1 Å². The van der Waals surface area contributed by atoms with Gasteiger partial charge in [-0.25, -0.2) is 5.43 Å². The Bertz CT molecular complexity index is 1030. The van der Waals surface area contributed by atoms with Crippen molar-refractivity contribution in [3.63, 3.8) is 0 Å². The fourth-order valence-corrected chi connectivity index (χ4v) is 2.81. The molecule has 0 saturated carbocycles. The van der Waals surface area contributed by atoms with Crippen LogP contribution in [0.25, 0.3) is 0 Å². The maximum atomic E-state index is 11.3. The lowest BCUT2D eigenvalue weighted by atomic mass is 9.94. The Hall–Kier alpha value is -4.15. The Morgan fingerprint density at radius 1 is 1.17 bits per heavy atom. The van der Waals surface area contributed by atoms with E-state index in [2.05, 4.69) is 21.1 Å². The third-order valence-electron chi connectivity index (χ3n) is 4.26. The number of hydrogen-bond acceptors (Lipinski definition) is 8.